The minimum Gasteiger partial charge on any atom is -0.375 e. The Hall–Kier alpha value is -1.65. The molecule has 1 aromatic heterocycles. The summed E-state index contributed by atoms with van der Waals surface area (Å²) in [7, 11) is -5.94. The maximum atomic E-state index is 13.0. The van der Waals surface area contributed by atoms with E-state index in [2.05, 4.69) is 4.18 Å². The normalized spacial score (nSPS) is 17.6. The highest BCUT2D eigenvalue weighted by atomic mass is 32.2. The van der Waals surface area contributed by atoms with Crippen molar-refractivity contribution in [1.82, 2.24) is 4.57 Å². The summed E-state index contributed by atoms with van der Waals surface area (Å²) in [6.07, 6.45) is -1.85. The summed E-state index contributed by atoms with van der Waals surface area (Å²) in [6.45, 7) is 1.15. The van der Waals surface area contributed by atoms with E-state index in [-0.39, 0.29) is 18.4 Å². The Kier molecular flexibility index (Phi) is 3.75. The highest BCUT2D eigenvalue weighted by Gasteiger charge is 2.54. The molecule has 0 amide bonds. The van der Waals surface area contributed by atoms with Crippen LogP contribution in [0.5, 0.6) is 5.75 Å². The van der Waals surface area contributed by atoms with Gasteiger partial charge in [0.15, 0.2) is 5.75 Å². The molecule has 124 valence electrons. The van der Waals surface area contributed by atoms with E-state index in [1.54, 1.807) is 0 Å². The van der Waals surface area contributed by atoms with Crippen LogP contribution in [0.25, 0.3) is 0 Å². The summed E-state index contributed by atoms with van der Waals surface area (Å²) in [5.74, 6) is -0.844. The van der Waals surface area contributed by atoms with Crippen molar-refractivity contribution in [2.45, 2.75) is 37.2 Å². The lowest BCUT2D eigenvalue weighted by Gasteiger charge is -2.19. The highest BCUT2D eigenvalue weighted by Crippen LogP contribution is 2.48. The minimum atomic E-state index is -5.94. The molecular weight excluding hydrogens is 337 g/mol. The van der Waals surface area contributed by atoms with Crippen molar-refractivity contribution < 1.29 is 34.6 Å². The van der Waals surface area contributed by atoms with Crippen molar-refractivity contribution in [2.75, 3.05) is 0 Å². The number of hydrogen-bond acceptors (Lipinski definition) is 4. The van der Waals surface area contributed by atoms with Gasteiger partial charge in [-0.2, -0.15) is 21.6 Å². The molecule has 0 spiro atoms. The van der Waals surface area contributed by atoms with Gasteiger partial charge in [0.05, 0.1) is 0 Å². The van der Waals surface area contributed by atoms with Gasteiger partial charge in [-0.3, -0.25) is 4.79 Å². The summed E-state index contributed by atoms with van der Waals surface area (Å²) < 4.78 is 89.1. The Labute approximate surface area is 121 Å². The van der Waals surface area contributed by atoms with Gasteiger partial charge < -0.3 is 8.75 Å². The molecule has 11 heteroatoms. The maximum absolute atomic E-state index is 13.0. The number of hydrogen-bond donors (Lipinski definition) is 0. The number of pyridine rings is 1. The summed E-state index contributed by atoms with van der Waals surface area (Å²) in [5.41, 5.74) is -8.58. The van der Waals surface area contributed by atoms with Crippen LogP contribution < -0.4 is 9.74 Å². The second-order valence-corrected chi connectivity index (χ2v) is 6.45. The molecular formula is C11H10F5NO4S. The van der Waals surface area contributed by atoms with E-state index in [9.17, 15) is 35.2 Å². The van der Waals surface area contributed by atoms with Crippen molar-refractivity contribution in [1.29, 1.82) is 0 Å². The third-order valence-electron chi connectivity index (χ3n) is 3.33. The number of aryl methyl sites for hydroxylation is 1. The molecule has 1 aliphatic rings. The van der Waals surface area contributed by atoms with Crippen LogP contribution in [0.1, 0.15) is 18.4 Å². The Morgan fingerprint density at radius 3 is 2.27 bits per heavy atom. The zero-order chi connectivity index (χ0) is 16.9. The van der Waals surface area contributed by atoms with Gasteiger partial charge in [-0.1, -0.05) is 0 Å². The largest absolute Gasteiger partial charge is 0.534 e. The fourth-order valence-corrected chi connectivity index (χ4v) is 2.42. The smallest absolute Gasteiger partial charge is 0.375 e. The average molecular weight is 347 g/mol. The number of rotatable bonds is 4. The van der Waals surface area contributed by atoms with E-state index in [0.717, 1.165) is 13.1 Å². The van der Waals surface area contributed by atoms with Crippen LogP contribution in [0, 0.1) is 6.92 Å². The molecule has 5 nitrogen and oxygen atoms in total. The number of aromatic nitrogens is 1. The van der Waals surface area contributed by atoms with Gasteiger partial charge in [0, 0.05) is 17.8 Å². The van der Waals surface area contributed by atoms with Crippen LogP contribution in [0.2, 0.25) is 0 Å². The molecule has 1 fully saturated rings. The van der Waals surface area contributed by atoms with Gasteiger partial charge in [0.2, 0.25) is 0 Å². The van der Waals surface area contributed by atoms with Crippen LogP contribution in [-0.2, 0) is 15.7 Å². The monoisotopic (exact) mass is 347 g/mol. The molecule has 0 bridgehead atoms. The lowest BCUT2D eigenvalue weighted by atomic mass is 10.2. The Bertz CT molecular complexity index is 749. The predicted octanol–water partition coefficient (Wildman–Crippen LogP) is 2.14. The van der Waals surface area contributed by atoms with Crippen molar-refractivity contribution in [3.8, 4) is 5.75 Å². The van der Waals surface area contributed by atoms with Crippen molar-refractivity contribution in [3.63, 3.8) is 0 Å². The molecule has 0 unspecified atom stereocenters. The SMILES string of the molecule is Cc1cn(C2(C(F)F)CC2)c(=O)cc1OS(=O)(=O)C(F)(F)F. The third kappa shape index (κ3) is 2.69. The van der Waals surface area contributed by atoms with E-state index in [0.29, 0.717) is 10.6 Å². The van der Waals surface area contributed by atoms with Crippen LogP contribution in [0.15, 0.2) is 17.1 Å². The van der Waals surface area contributed by atoms with Gasteiger partial charge in [0.25, 0.3) is 12.0 Å². The van der Waals surface area contributed by atoms with Crippen LogP contribution in [0.3, 0.4) is 0 Å². The quantitative estimate of drug-likeness (QED) is 0.476. The molecule has 1 aromatic rings. The number of alkyl halides is 5. The summed E-state index contributed by atoms with van der Waals surface area (Å²) in [4.78, 5) is 11.8. The highest BCUT2D eigenvalue weighted by molar-refractivity contribution is 7.88. The molecule has 0 N–H and O–H groups in total. The minimum absolute atomic E-state index is 0.0467. The van der Waals surface area contributed by atoms with E-state index in [1.807, 2.05) is 0 Å². The third-order valence-corrected chi connectivity index (χ3v) is 4.30. The molecule has 0 radical (unpaired) electrons. The van der Waals surface area contributed by atoms with E-state index >= 15 is 0 Å². The van der Waals surface area contributed by atoms with Crippen molar-refractivity contribution >= 4 is 10.1 Å². The zero-order valence-electron chi connectivity index (χ0n) is 11.0. The molecule has 2 rings (SSSR count). The Balaban J connectivity index is 2.43. The average Bonchev–Trinajstić information content (AvgIpc) is 3.12. The first-order valence-corrected chi connectivity index (χ1v) is 7.34. The van der Waals surface area contributed by atoms with Gasteiger partial charge in [-0.25, -0.2) is 8.78 Å². The fourth-order valence-electron chi connectivity index (χ4n) is 1.91. The lowest BCUT2D eigenvalue weighted by molar-refractivity contribution is -0.0500. The fraction of sp³-hybridized carbons (Fsp3) is 0.545. The van der Waals surface area contributed by atoms with Gasteiger partial charge in [-0.15, -0.1) is 0 Å². The molecule has 0 aromatic carbocycles. The van der Waals surface area contributed by atoms with Crippen LogP contribution in [-0.4, -0.2) is 24.9 Å². The first-order valence-electron chi connectivity index (χ1n) is 5.93. The molecule has 1 saturated carbocycles. The first kappa shape index (κ1) is 16.7. The summed E-state index contributed by atoms with van der Waals surface area (Å²) in [6, 6.07) is 0.459. The van der Waals surface area contributed by atoms with Gasteiger partial charge in [-0.05, 0) is 19.8 Å². The Morgan fingerprint density at radius 2 is 1.86 bits per heavy atom. The van der Waals surface area contributed by atoms with Crippen LogP contribution >= 0.6 is 0 Å². The van der Waals surface area contributed by atoms with E-state index in [1.165, 1.54) is 0 Å². The van der Waals surface area contributed by atoms with Crippen molar-refractivity contribution in [3.05, 3.63) is 28.2 Å². The van der Waals surface area contributed by atoms with Crippen LogP contribution in [0.4, 0.5) is 22.0 Å². The molecule has 0 saturated heterocycles. The first-order chi connectivity index (χ1) is 9.91. The Morgan fingerprint density at radius 1 is 1.32 bits per heavy atom. The molecule has 22 heavy (non-hydrogen) atoms. The topological polar surface area (TPSA) is 65.4 Å². The van der Waals surface area contributed by atoms with Crippen molar-refractivity contribution in [2.24, 2.45) is 0 Å². The maximum Gasteiger partial charge on any atom is 0.534 e. The standard InChI is InChI=1S/C11H10F5NO4S/c1-6-5-17(10(2-3-10)9(12)13)8(18)4-7(6)21-22(19,20)11(14,15)16/h4-5,9H,2-3H2,1H3. The van der Waals surface area contributed by atoms with Gasteiger partial charge >= 0.3 is 15.6 Å². The molecule has 1 heterocycles. The summed E-state index contributed by atoms with van der Waals surface area (Å²) >= 11 is 0. The predicted molar refractivity (Wildman–Crippen MR) is 64.3 cm³/mol. The molecule has 0 aliphatic heterocycles. The zero-order valence-corrected chi connectivity index (χ0v) is 11.8. The molecule has 1 aliphatic carbocycles. The molecule has 0 atom stereocenters. The second-order valence-electron chi connectivity index (χ2n) is 4.92. The number of halogens is 5. The lowest BCUT2D eigenvalue weighted by Crippen LogP contribution is -2.36. The number of nitrogens with zero attached hydrogens (tertiary/aromatic N) is 1. The van der Waals surface area contributed by atoms with Gasteiger partial charge in [0.1, 0.15) is 5.54 Å². The van der Waals surface area contributed by atoms with E-state index in [4.69, 9.17) is 0 Å². The second kappa shape index (κ2) is 4.93. The van der Waals surface area contributed by atoms with E-state index < -0.39 is 38.9 Å². The summed E-state index contributed by atoms with van der Waals surface area (Å²) in [5, 5.41) is 0.